The highest BCUT2D eigenvalue weighted by Crippen LogP contribution is 2.14. The van der Waals surface area contributed by atoms with Gasteiger partial charge in [0.2, 0.25) is 0 Å². The van der Waals surface area contributed by atoms with Crippen molar-refractivity contribution in [2.75, 3.05) is 18.0 Å². The summed E-state index contributed by atoms with van der Waals surface area (Å²) >= 11 is 0. The monoisotopic (exact) mass is 325 g/mol. The molecule has 4 N–H and O–H groups in total. The molecule has 0 fully saturated rings. The van der Waals surface area contributed by atoms with Crippen LogP contribution in [0.15, 0.2) is 53.6 Å². The van der Waals surface area contributed by atoms with Crippen LogP contribution >= 0.6 is 0 Å². The van der Waals surface area contributed by atoms with Gasteiger partial charge in [-0.05, 0) is 43.7 Å². The summed E-state index contributed by atoms with van der Waals surface area (Å²) in [5.41, 5.74) is 10.2. The number of rotatable bonds is 7. The van der Waals surface area contributed by atoms with Gasteiger partial charge in [-0.15, -0.1) is 0 Å². The van der Waals surface area contributed by atoms with Crippen molar-refractivity contribution < 1.29 is 10.5 Å². The first kappa shape index (κ1) is 17.7. The van der Waals surface area contributed by atoms with Crippen LogP contribution in [0, 0.1) is 0 Å². The Labute approximate surface area is 143 Å². The van der Waals surface area contributed by atoms with Crippen LogP contribution in [-0.4, -0.2) is 25.2 Å². The molecule has 0 radical (unpaired) electrons. The Kier molecular flexibility index (Phi) is 6.51. The van der Waals surface area contributed by atoms with Crippen molar-refractivity contribution in [1.82, 2.24) is 5.43 Å². The number of hydrogen-bond donors (Lipinski definition) is 2. The maximum Gasteiger partial charge on any atom is 0.271 e. The summed E-state index contributed by atoms with van der Waals surface area (Å²) in [6.45, 7) is 6.94. The van der Waals surface area contributed by atoms with E-state index in [1.807, 2.05) is 24.3 Å². The number of nitrogens with zero attached hydrogens (tertiary/aromatic N) is 2. The maximum absolute atomic E-state index is 12.0. The van der Waals surface area contributed by atoms with Gasteiger partial charge in [0.15, 0.2) is 0 Å². The predicted octanol–water partition coefficient (Wildman–Crippen LogP) is 2.04. The Morgan fingerprint density at radius 1 is 1.08 bits per heavy atom. The van der Waals surface area contributed by atoms with Crippen LogP contribution in [-0.2, 0) is 6.54 Å². The predicted molar refractivity (Wildman–Crippen MR) is 98.1 cm³/mol. The summed E-state index contributed by atoms with van der Waals surface area (Å²) in [5, 5.41) is 4.02. The lowest BCUT2D eigenvalue weighted by atomic mass is 10.1. The lowest BCUT2D eigenvalue weighted by Crippen LogP contribution is -2.47. The van der Waals surface area contributed by atoms with E-state index in [1.54, 1.807) is 18.3 Å². The van der Waals surface area contributed by atoms with Crippen molar-refractivity contribution in [3.8, 4) is 0 Å². The van der Waals surface area contributed by atoms with Gasteiger partial charge in [-0.3, -0.25) is 4.79 Å². The number of quaternary nitrogens is 1. The molecule has 0 bridgehead atoms. The summed E-state index contributed by atoms with van der Waals surface area (Å²) < 4.78 is 0. The summed E-state index contributed by atoms with van der Waals surface area (Å²) in [5.74, 6) is -0.221. The van der Waals surface area contributed by atoms with Crippen molar-refractivity contribution in [2.45, 2.75) is 20.4 Å². The van der Waals surface area contributed by atoms with Gasteiger partial charge in [0.05, 0.1) is 12.8 Å². The SMILES string of the molecule is CCN(CC)c1ccc(/C=N\NC(=O)c2ccc(C[NH3+])cc2)cc1. The van der Waals surface area contributed by atoms with Gasteiger partial charge >= 0.3 is 0 Å². The molecule has 0 aliphatic heterocycles. The Hall–Kier alpha value is -2.66. The molecule has 0 aromatic heterocycles. The molecule has 1 amide bonds. The van der Waals surface area contributed by atoms with E-state index in [0.717, 1.165) is 24.2 Å². The topological polar surface area (TPSA) is 72.3 Å². The van der Waals surface area contributed by atoms with Crippen LogP contribution in [0.4, 0.5) is 5.69 Å². The largest absolute Gasteiger partial charge is 0.372 e. The molecule has 2 rings (SSSR count). The minimum Gasteiger partial charge on any atom is -0.372 e. The van der Waals surface area contributed by atoms with Crippen molar-refractivity contribution in [3.05, 3.63) is 65.2 Å². The average Bonchev–Trinajstić information content (AvgIpc) is 2.64. The molecule has 2 aromatic carbocycles. The van der Waals surface area contributed by atoms with E-state index >= 15 is 0 Å². The third-order valence-electron chi connectivity index (χ3n) is 3.91. The Bertz CT molecular complexity index is 674. The molecule has 0 aliphatic rings. The highest BCUT2D eigenvalue weighted by atomic mass is 16.2. The molecule has 0 heterocycles. The summed E-state index contributed by atoms with van der Waals surface area (Å²) in [6, 6.07) is 15.5. The van der Waals surface area contributed by atoms with Crippen LogP contribution in [0.5, 0.6) is 0 Å². The molecule has 0 saturated carbocycles. The van der Waals surface area contributed by atoms with E-state index in [2.05, 4.69) is 47.1 Å². The second-order valence-electron chi connectivity index (χ2n) is 5.41. The molecule has 5 heteroatoms. The second kappa shape index (κ2) is 8.84. The summed E-state index contributed by atoms with van der Waals surface area (Å²) in [4.78, 5) is 14.3. The molecule has 0 unspecified atom stereocenters. The quantitative estimate of drug-likeness (QED) is 0.604. The van der Waals surface area contributed by atoms with E-state index in [0.29, 0.717) is 12.1 Å². The molecule has 0 atom stereocenters. The summed E-state index contributed by atoms with van der Waals surface area (Å²) in [6.07, 6.45) is 1.65. The zero-order valence-corrected chi connectivity index (χ0v) is 14.3. The third-order valence-corrected chi connectivity index (χ3v) is 3.91. The van der Waals surface area contributed by atoms with Crippen molar-refractivity contribution in [1.29, 1.82) is 0 Å². The number of benzene rings is 2. The lowest BCUT2D eigenvalue weighted by Gasteiger charge is -2.20. The number of nitrogens with one attached hydrogen (secondary N) is 1. The number of carbonyl (C=O) groups excluding carboxylic acids is 1. The van der Waals surface area contributed by atoms with Crippen molar-refractivity contribution in [2.24, 2.45) is 5.10 Å². The van der Waals surface area contributed by atoms with Gasteiger partial charge in [0.25, 0.3) is 5.91 Å². The standard InChI is InChI=1S/C19H24N4O/c1-3-23(4-2)18-11-7-16(8-12-18)14-21-22-19(24)17-9-5-15(13-20)6-10-17/h5-12,14H,3-4,13,20H2,1-2H3,(H,22,24)/p+1/b21-14-. The molecule has 2 aromatic rings. The van der Waals surface area contributed by atoms with Gasteiger partial charge in [-0.1, -0.05) is 24.3 Å². The number of carbonyl (C=O) groups is 1. The Morgan fingerprint density at radius 3 is 2.25 bits per heavy atom. The molecule has 0 aliphatic carbocycles. The van der Waals surface area contributed by atoms with E-state index in [1.165, 1.54) is 5.69 Å². The highest BCUT2D eigenvalue weighted by Gasteiger charge is 2.04. The minimum absolute atomic E-state index is 0.221. The minimum atomic E-state index is -0.221. The number of hydrogen-bond acceptors (Lipinski definition) is 3. The fourth-order valence-electron chi connectivity index (χ4n) is 2.41. The number of amides is 1. The van der Waals surface area contributed by atoms with E-state index in [-0.39, 0.29) is 5.91 Å². The van der Waals surface area contributed by atoms with Crippen LogP contribution in [0.2, 0.25) is 0 Å². The van der Waals surface area contributed by atoms with Gasteiger partial charge < -0.3 is 10.6 Å². The van der Waals surface area contributed by atoms with Gasteiger partial charge in [-0.2, -0.15) is 5.10 Å². The molecular weight excluding hydrogens is 300 g/mol. The molecule has 126 valence electrons. The molecule has 0 saturated heterocycles. The maximum atomic E-state index is 12.0. The van der Waals surface area contributed by atoms with Crippen LogP contribution < -0.4 is 16.1 Å². The van der Waals surface area contributed by atoms with E-state index in [4.69, 9.17) is 0 Å². The molecular formula is C19H25N4O+. The lowest BCUT2D eigenvalue weighted by molar-refractivity contribution is -0.386. The van der Waals surface area contributed by atoms with Gasteiger partial charge in [0.1, 0.15) is 0 Å². The molecule has 24 heavy (non-hydrogen) atoms. The van der Waals surface area contributed by atoms with Crippen LogP contribution in [0.25, 0.3) is 0 Å². The van der Waals surface area contributed by atoms with E-state index in [9.17, 15) is 4.79 Å². The first-order chi connectivity index (χ1) is 11.7. The van der Waals surface area contributed by atoms with Gasteiger partial charge in [-0.25, -0.2) is 5.43 Å². The van der Waals surface area contributed by atoms with Gasteiger partial charge in [0, 0.05) is 29.9 Å². The fraction of sp³-hybridized carbons (Fsp3) is 0.263. The zero-order valence-electron chi connectivity index (χ0n) is 14.3. The van der Waals surface area contributed by atoms with Crippen molar-refractivity contribution in [3.63, 3.8) is 0 Å². The first-order valence-corrected chi connectivity index (χ1v) is 8.24. The highest BCUT2D eigenvalue weighted by molar-refractivity contribution is 5.94. The summed E-state index contributed by atoms with van der Waals surface area (Å²) in [7, 11) is 0. The smallest absolute Gasteiger partial charge is 0.271 e. The first-order valence-electron chi connectivity index (χ1n) is 8.24. The van der Waals surface area contributed by atoms with Crippen molar-refractivity contribution >= 4 is 17.8 Å². The fourth-order valence-corrected chi connectivity index (χ4v) is 2.41. The third kappa shape index (κ3) is 4.67. The average molecular weight is 325 g/mol. The normalized spacial score (nSPS) is 10.8. The number of hydrazone groups is 1. The zero-order chi connectivity index (χ0) is 17.4. The van der Waals surface area contributed by atoms with Crippen LogP contribution in [0.3, 0.4) is 0 Å². The molecule has 5 nitrogen and oxygen atoms in total. The second-order valence-corrected chi connectivity index (χ2v) is 5.41. The van der Waals surface area contributed by atoms with Crippen LogP contribution in [0.1, 0.15) is 35.3 Å². The Balaban J connectivity index is 1.94. The number of anilines is 1. The Morgan fingerprint density at radius 2 is 1.71 bits per heavy atom. The molecule has 0 spiro atoms. The van der Waals surface area contributed by atoms with E-state index < -0.39 is 0 Å².